The molecular formula is C16H15O5-. The van der Waals surface area contributed by atoms with Crippen LogP contribution >= 0.6 is 0 Å². The van der Waals surface area contributed by atoms with Gasteiger partial charge in [0.2, 0.25) is 0 Å². The quantitative estimate of drug-likeness (QED) is 0.790. The molecule has 5 heteroatoms. The summed E-state index contributed by atoms with van der Waals surface area (Å²) in [6.07, 6.45) is 3.70. The highest BCUT2D eigenvalue weighted by Gasteiger charge is 2.19. The van der Waals surface area contributed by atoms with Gasteiger partial charge in [0.1, 0.15) is 17.9 Å². The third-order valence-corrected chi connectivity index (χ3v) is 3.94. The summed E-state index contributed by atoms with van der Waals surface area (Å²) in [5.74, 6) is -0.896. The van der Waals surface area contributed by atoms with Gasteiger partial charge >= 0.3 is 5.63 Å². The maximum atomic E-state index is 12.1. The number of carboxylic acids is 1. The summed E-state index contributed by atoms with van der Waals surface area (Å²) in [6, 6.07) is 3.55. The minimum atomic E-state index is -1.29. The van der Waals surface area contributed by atoms with Crippen molar-refractivity contribution in [2.24, 2.45) is 0 Å². The van der Waals surface area contributed by atoms with Crippen LogP contribution in [0.5, 0.6) is 5.75 Å². The molecule has 1 heterocycles. The van der Waals surface area contributed by atoms with Crippen molar-refractivity contribution in [3.05, 3.63) is 39.2 Å². The molecule has 1 aromatic heterocycles. The second kappa shape index (κ2) is 5.24. The second-order valence-electron chi connectivity index (χ2n) is 5.28. The summed E-state index contributed by atoms with van der Waals surface area (Å²) in [6.45, 7) is 1.23. The average molecular weight is 287 g/mol. The largest absolute Gasteiger partial charge is 0.546 e. The maximum absolute atomic E-state index is 12.1. The highest BCUT2D eigenvalue weighted by molar-refractivity contribution is 5.86. The first kappa shape index (κ1) is 13.7. The van der Waals surface area contributed by atoms with Gasteiger partial charge in [-0.1, -0.05) is 0 Å². The number of benzene rings is 1. The second-order valence-corrected chi connectivity index (χ2v) is 5.28. The maximum Gasteiger partial charge on any atom is 0.339 e. The van der Waals surface area contributed by atoms with E-state index in [2.05, 4.69) is 0 Å². The fraction of sp³-hybridized carbons (Fsp3) is 0.375. The number of ether oxygens (including phenoxy) is 1. The van der Waals surface area contributed by atoms with Crippen molar-refractivity contribution in [1.82, 2.24) is 0 Å². The van der Waals surface area contributed by atoms with Gasteiger partial charge in [-0.25, -0.2) is 4.79 Å². The molecule has 21 heavy (non-hydrogen) atoms. The molecule has 0 saturated heterocycles. The molecule has 0 radical (unpaired) electrons. The first-order valence-electron chi connectivity index (χ1n) is 6.98. The highest BCUT2D eigenvalue weighted by Crippen LogP contribution is 2.32. The van der Waals surface area contributed by atoms with E-state index in [0.717, 1.165) is 42.2 Å². The Labute approximate surface area is 121 Å². The van der Waals surface area contributed by atoms with Crippen LogP contribution in [0.25, 0.3) is 11.0 Å². The van der Waals surface area contributed by atoms with E-state index in [0.29, 0.717) is 16.9 Å². The van der Waals surface area contributed by atoms with Crippen LogP contribution in [0.3, 0.4) is 0 Å². The van der Waals surface area contributed by atoms with Crippen molar-refractivity contribution in [2.45, 2.75) is 32.6 Å². The Kier molecular flexibility index (Phi) is 3.41. The summed E-state index contributed by atoms with van der Waals surface area (Å²) in [5, 5.41) is 11.4. The zero-order chi connectivity index (χ0) is 15.0. The molecule has 1 aliphatic rings. The monoisotopic (exact) mass is 287 g/mol. The number of hydrogen-bond donors (Lipinski definition) is 0. The molecule has 0 spiro atoms. The molecule has 1 aromatic carbocycles. The number of aryl methyl sites for hydroxylation is 2. The van der Waals surface area contributed by atoms with Gasteiger partial charge in [-0.15, -0.1) is 0 Å². The smallest absolute Gasteiger partial charge is 0.339 e. The van der Waals surface area contributed by atoms with Crippen molar-refractivity contribution in [3.8, 4) is 5.75 Å². The third kappa shape index (κ3) is 2.39. The molecule has 0 atom stereocenters. The first-order valence-corrected chi connectivity index (χ1v) is 6.98. The van der Waals surface area contributed by atoms with Crippen LogP contribution < -0.4 is 15.5 Å². The Balaban J connectivity index is 2.16. The molecule has 0 aliphatic heterocycles. The zero-order valence-corrected chi connectivity index (χ0v) is 11.7. The van der Waals surface area contributed by atoms with E-state index < -0.39 is 12.6 Å². The predicted molar refractivity (Wildman–Crippen MR) is 74.4 cm³/mol. The molecular weight excluding hydrogens is 272 g/mol. The molecule has 5 nitrogen and oxygen atoms in total. The van der Waals surface area contributed by atoms with Gasteiger partial charge < -0.3 is 19.1 Å². The Bertz CT molecular complexity index is 772. The van der Waals surface area contributed by atoms with E-state index in [1.807, 2.05) is 6.07 Å². The summed E-state index contributed by atoms with van der Waals surface area (Å²) < 4.78 is 10.6. The van der Waals surface area contributed by atoms with Crippen molar-refractivity contribution >= 4 is 16.9 Å². The van der Waals surface area contributed by atoms with Gasteiger partial charge in [-0.2, -0.15) is 0 Å². The Morgan fingerprint density at radius 3 is 2.71 bits per heavy atom. The summed E-state index contributed by atoms with van der Waals surface area (Å²) in [4.78, 5) is 22.6. The van der Waals surface area contributed by atoms with Gasteiger partial charge in [0, 0.05) is 16.5 Å². The van der Waals surface area contributed by atoms with Crippen molar-refractivity contribution in [2.75, 3.05) is 6.61 Å². The van der Waals surface area contributed by atoms with Crippen LogP contribution in [0.15, 0.2) is 21.3 Å². The predicted octanol–water partition coefficient (Wildman–Crippen LogP) is 1.11. The van der Waals surface area contributed by atoms with E-state index in [1.54, 1.807) is 13.0 Å². The molecule has 1 aliphatic carbocycles. The molecule has 0 unspecified atom stereocenters. The van der Waals surface area contributed by atoms with E-state index >= 15 is 0 Å². The molecule has 3 rings (SSSR count). The van der Waals surface area contributed by atoms with E-state index in [1.165, 1.54) is 0 Å². The SMILES string of the molecule is Cc1c(OCC(=O)[O-])ccc2c3c(c(=O)oc12)CCCC3. The molecule has 0 bridgehead atoms. The number of fused-ring (bicyclic) bond motifs is 3. The van der Waals surface area contributed by atoms with Gasteiger partial charge in [0.15, 0.2) is 0 Å². The van der Waals surface area contributed by atoms with Gasteiger partial charge in [-0.05, 0) is 50.3 Å². The average Bonchev–Trinajstić information content (AvgIpc) is 2.47. The normalized spacial score (nSPS) is 14.0. The molecule has 0 fully saturated rings. The third-order valence-electron chi connectivity index (χ3n) is 3.94. The summed E-state index contributed by atoms with van der Waals surface area (Å²) in [5.41, 5.74) is 2.66. The Hall–Kier alpha value is -2.30. The van der Waals surface area contributed by atoms with E-state index in [4.69, 9.17) is 9.15 Å². The van der Waals surface area contributed by atoms with Crippen LogP contribution in [0.4, 0.5) is 0 Å². The minimum absolute atomic E-state index is 0.294. The van der Waals surface area contributed by atoms with Crippen LogP contribution in [0, 0.1) is 6.92 Å². The topological polar surface area (TPSA) is 79.6 Å². The van der Waals surface area contributed by atoms with Crippen molar-refractivity contribution < 1.29 is 19.1 Å². The molecule has 0 N–H and O–H groups in total. The molecule has 0 amide bonds. The lowest BCUT2D eigenvalue weighted by atomic mass is 9.90. The van der Waals surface area contributed by atoms with Crippen LogP contribution in [-0.4, -0.2) is 12.6 Å². The van der Waals surface area contributed by atoms with Crippen LogP contribution in [0.1, 0.15) is 29.5 Å². The summed E-state index contributed by atoms with van der Waals surface area (Å²) in [7, 11) is 0. The Morgan fingerprint density at radius 1 is 1.29 bits per heavy atom. The highest BCUT2D eigenvalue weighted by atomic mass is 16.5. The number of aliphatic carboxylic acids is 1. The summed E-state index contributed by atoms with van der Waals surface area (Å²) >= 11 is 0. The van der Waals surface area contributed by atoms with Crippen molar-refractivity contribution in [1.29, 1.82) is 0 Å². The number of hydrogen-bond acceptors (Lipinski definition) is 5. The molecule has 110 valence electrons. The lowest BCUT2D eigenvalue weighted by Crippen LogP contribution is -2.29. The van der Waals surface area contributed by atoms with Crippen molar-refractivity contribution in [3.63, 3.8) is 0 Å². The minimum Gasteiger partial charge on any atom is -0.546 e. The molecule has 2 aromatic rings. The standard InChI is InChI=1S/C16H16O5/c1-9-13(20-8-14(17)18)7-6-11-10-4-2-3-5-12(10)16(19)21-15(9)11/h6-7H,2-5,8H2,1H3,(H,17,18)/p-1. The first-order chi connectivity index (χ1) is 10.1. The number of carbonyl (C=O) groups is 1. The number of carboxylic acid groups (broad SMARTS) is 1. The lowest BCUT2D eigenvalue weighted by molar-refractivity contribution is -0.307. The molecule has 0 saturated carbocycles. The van der Waals surface area contributed by atoms with Crippen LogP contribution in [0.2, 0.25) is 0 Å². The fourth-order valence-corrected chi connectivity index (χ4v) is 2.92. The van der Waals surface area contributed by atoms with Gasteiger partial charge in [0.25, 0.3) is 0 Å². The zero-order valence-electron chi connectivity index (χ0n) is 11.7. The lowest BCUT2D eigenvalue weighted by Gasteiger charge is -2.18. The fourth-order valence-electron chi connectivity index (χ4n) is 2.92. The van der Waals surface area contributed by atoms with Crippen LogP contribution in [-0.2, 0) is 17.6 Å². The van der Waals surface area contributed by atoms with Gasteiger partial charge in [0.05, 0.1) is 5.97 Å². The van der Waals surface area contributed by atoms with E-state index in [9.17, 15) is 14.7 Å². The van der Waals surface area contributed by atoms with Gasteiger partial charge in [-0.3, -0.25) is 0 Å². The number of carbonyl (C=O) groups excluding carboxylic acids is 1. The number of rotatable bonds is 3. The Morgan fingerprint density at radius 2 is 2.00 bits per heavy atom. The van der Waals surface area contributed by atoms with E-state index in [-0.39, 0.29) is 5.63 Å².